The average molecular weight is 312 g/mol. The molecule has 22 heavy (non-hydrogen) atoms. The van der Waals surface area contributed by atoms with Crippen molar-refractivity contribution in [1.82, 2.24) is 0 Å². The molecule has 6 heteroatoms. The molecule has 2 rings (SSSR count). The van der Waals surface area contributed by atoms with Crippen LogP contribution < -0.4 is 9.47 Å². The van der Waals surface area contributed by atoms with Crippen LogP contribution in [0.5, 0.6) is 11.5 Å². The van der Waals surface area contributed by atoms with Crippen molar-refractivity contribution >= 4 is 0 Å². The molecule has 0 fully saturated rings. The molecule has 1 atom stereocenters. The normalized spacial score (nSPS) is 12.8. The summed E-state index contributed by atoms with van der Waals surface area (Å²) in [6.45, 7) is -0.0915. The lowest BCUT2D eigenvalue weighted by molar-refractivity contribution is -0.137. The van der Waals surface area contributed by atoms with Crippen molar-refractivity contribution in [2.75, 3.05) is 13.7 Å². The van der Waals surface area contributed by atoms with Gasteiger partial charge < -0.3 is 14.6 Å². The molecule has 0 heterocycles. The van der Waals surface area contributed by atoms with Gasteiger partial charge in [-0.25, -0.2) is 0 Å². The Labute approximate surface area is 125 Å². The molecule has 0 aromatic heterocycles. The number of hydrogen-bond donors (Lipinski definition) is 1. The van der Waals surface area contributed by atoms with Crippen LogP contribution in [0.1, 0.15) is 17.2 Å². The van der Waals surface area contributed by atoms with Crippen molar-refractivity contribution in [1.29, 1.82) is 0 Å². The molecule has 0 spiro atoms. The number of benzene rings is 2. The Morgan fingerprint density at radius 3 is 2.14 bits per heavy atom. The second-order valence-electron chi connectivity index (χ2n) is 4.60. The first-order chi connectivity index (χ1) is 10.4. The van der Waals surface area contributed by atoms with Gasteiger partial charge in [-0.1, -0.05) is 24.3 Å². The van der Waals surface area contributed by atoms with Gasteiger partial charge in [-0.05, 0) is 29.8 Å². The first-order valence-electron chi connectivity index (χ1n) is 6.53. The van der Waals surface area contributed by atoms with Gasteiger partial charge in [0, 0.05) is 0 Å². The first-order valence-corrected chi connectivity index (χ1v) is 6.53. The SMILES string of the molecule is COc1ccccc1OCC(O)c1ccc(C(F)(F)F)cc1. The van der Waals surface area contributed by atoms with Gasteiger partial charge in [0.05, 0.1) is 12.7 Å². The van der Waals surface area contributed by atoms with E-state index in [0.717, 1.165) is 12.1 Å². The summed E-state index contributed by atoms with van der Waals surface area (Å²) < 4.78 is 48.0. The largest absolute Gasteiger partial charge is 0.493 e. The Kier molecular flexibility index (Phi) is 4.92. The van der Waals surface area contributed by atoms with Crippen LogP contribution in [-0.4, -0.2) is 18.8 Å². The molecule has 118 valence electrons. The van der Waals surface area contributed by atoms with E-state index in [-0.39, 0.29) is 6.61 Å². The second kappa shape index (κ2) is 6.70. The third-order valence-electron chi connectivity index (χ3n) is 3.09. The zero-order chi connectivity index (χ0) is 16.2. The van der Waals surface area contributed by atoms with E-state index < -0.39 is 17.8 Å². The third-order valence-corrected chi connectivity index (χ3v) is 3.09. The van der Waals surface area contributed by atoms with Crippen LogP contribution in [0.2, 0.25) is 0 Å². The van der Waals surface area contributed by atoms with E-state index in [2.05, 4.69) is 0 Å². The van der Waals surface area contributed by atoms with E-state index in [0.29, 0.717) is 17.1 Å². The van der Waals surface area contributed by atoms with Gasteiger partial charge in [-0.3, -0.25) is 0 Å². The molecule has 1 N–H and O–H groups in total. The zero-order valence-corrected chi connectivity index (χ0v) is 11.8. The van der Waals surface area contributed by atoms with Crippen LogP contribution in [0, 0.1) is 0 Å². The Hall–Kier alpha value is -2.21. The molecule has 0 amide bonds. The van der Waals surface area contributed by atoms with Crippen LogP contribution in [0.15, 0.2) is 48.5 Å². The number of para-hydroxylation sites is 2. The molecule has 0 bridgehead atoms. The number of halogens is 3. The quantitative estimate of drug-likeness (QED) is 0.912. The number of methoxy groups -OCH3 is 1. The minimum absolute atomic E-state index is 0.0915. The number of alkyl halides is 3. The van der Waals surface area contributed by atoms with Gasteiger partial charge in [0.15, 0.2) is 11.5 Å². The van der Waals surface area contributed by atoms with E-state index in [9.17, 15) is 18.3 Å². The summed E-state index contributed by atoms with van der Waals surface area (Å²) >= 11 is 0. The van der Waals surface area contributed by atoms with Gasteiger partial charge >= 0.3 is 6.18 Å². The van der Waals surface area contributed by atoms with Crippen LogP contribution in [0.4, 0.5) is 13.2 Å². The highest BCUT2D eigenvalue weighted by molar-refractivity contribution is 5.39. The molecule has 0 saturated heterocycles. The van der Waals surface area contributed by atoms with Crippen molar-refractivity contribution in [3.8, 4) is 11.5 Å². The van der Waals surface area contributed by atoms with Crippen molar-refractivity contribution in [3.05, 3.63) is 59.7 Å². The van der Waals surface area contributed by atoms with E-state index >= 15 is 0 Å². The van der Waals surface area contributed by atoms with Gasteiger partial charge in [0.2, 0.25) is 0 Å². The summed E-state index contributed by atoms with van der Waals surface area (Å²) in [5.74, 6) is 0.970. The summed E-state index contributed by atoms with van der Waals surface area (Å²) in [5.41, 5.74) is -0.406. The number of rotatable bonds is 5. The monoisotopic (exact) mass is 312 g/mol. The summed E-state index contributed by atoms with van der Waals surface area (Å²) in [6.07, 6.45) is -5.43. The van der Waals surface area contributed by atoms with Crippen LogP contribution in [0.3, 0.4) is 0 Å². The first kappa shape index (κ1) is 16.2. The van der Waals surface area contributed by atoms with Gasteiger partial charge in [0.25, 0.3) is 0 Å². The Bertz CT molecular complexity index is 609. The molecule has 0 radical (unpaired) electrons. The van der Waals surface area contributed by atoms with E-state index in [1.165, 1.54) is 19.2 Å². The molecular weight excluding hydrogens is 297 g/mol. The van der Waals surface area contributed by atoms with Crippen molar-refractivity contribution in [2.45, 2.75) is 12.3 Å². The minimum Gasteiger partial charge on any atom is -0.493 e. The fourth-order valence-electron chi connectivity index (χ4n) is 1.90. The Morgan fingerprint density at radius 2 is 1.59 bits per heavy atom. The summed E-state index contributed by atoms with van der Waals surface area (Å²) in [5, 5.41) is 9.99. The summed E-state index contributed by atoms with van der Waals surface area (Å²) in [7, 11) is 1.49. The molecule has 3 nitrogen and oxygen atoms in total. The van der Waals surface area contributed by atoms with Crippen LogP contribution >= 0.6 is 0 Å². The van der Waals surface area contributed by atoms with Crippen LogP contribution in [-0.2, 0) is 6.18 Å². The lowest BCUT2D eigenvalue weighted by Gasteiger charge is -2.15. The predicted octanol–water partition coefficient (Wildman–Crippen LogP) is 3.83. The second-order valence-corrected chi connectivity index (χ2v) is 4.60. The molecule has 0 saturated carbocycles. The maximum absolute atomic E-state index is 12.5. The average Bonchev–Trinajstić information content (AvgIpc) is 2.52. The molecular formula is C16H15F3O3. The number of ether oxygens (including phenoxy) is 2. The minimum atomic E-state index is -4.39. The summed E-state index contributed by atoms with van der Waals surface area (Å²) in [6, 6.07) is 11.2. The highest BCUT2D eigenvalue weighted by atomic mass is 19.4. The molecule has 0 aliphatic carbocycles. The lowest BCUT2D eigenvalue weighted by atomic mass is 10.1. The standard InChI is InChI=1S/C16H15F3O3/c1-21-14-4-2-3-5-15(14)22-10-13(20)11-6-8-12(9-7-11)16(17,18)19/h2-9,13,20H,10H2,1H3. The van der Waals surface area contributed by atoms with E-state index in [4.69, 9.17) is 9.47 Å². The Balaban J connectivity index is 2.02. The molecule has 0 aliphatic rings. The lowest BCUT2D eigenvalue weighted by Crippen LogP contribution is -2.11. The maximum Gasteiger partial charge on any atom is 0.416 e. The van der Waals surface area contributed by atoms with Crippen LogP contribution in [0.25, 0.3) is 0 Å². The fraction of sp³-hybridized carbons (Fsp3) is 0.250. The highest BCUT2D eigenvalue weighted by Gasteiger charge is 2.30. The molecule has 1 unspecified atom stereocenters. The molecule has 2 aromatic carbocycles. The van der Waals surface area contributed by atoms with Crippen molar-refractivity contribution in [3.63, 3.8) is 0 Å². The number of aliphatic hydroxyl groups excluding tert-OH is 1. The van der Waals surface area contributed by atoms with E-state index in [1.807, 2.05) is 0 Å². The predicted molar refractivity (Wildman–Crippen MR) is 74.9 cm³/mol. The number of aliphatic hydroxyl groups is 1. The topological polar surface area (TPSA) is 38.7 Å². The van der Waals surface area contributed by atoms with Crippen molar-refractivity contribution < 1.29 is 27.8 Å². The summed E-state index contributed by atoms with van der Waals surface area (Å²) in [4.78, 5) is 0. The maximum atomic E-state index is 12.5. The Morgan fingerprint density at radius 1 is 1.00 bits per heavy atom. The van der Waals surface area contributed by atoms with Gasteiger partial charge in [-0.15, -0.1) is 0 Å². The third kappa shape index (κ3) is 3.92. The van der Waals surface area contributed by atoms with Gasteiger partial charge in [0.1, 0.15) is 12.7 Å². The highest BCUT2D eigenvalue weighted by Crippen LogP contribution is 2.30. The molecule has 2 aromatic rings. The number of hydrogen-bond acceptors (Lipinski definition) is 3. The smallest absolute Gasteiger partial charge is 0.416 e. The van der Waals surface area contributed by atoms with Crippen molar-refractivity contribution in [2.24, 2.45) is 0 Å². The zero-order valence-electron chi connectivity index (χ0n) is 11.8. The van der Waals surface area contributed by atoms with Gasteiger partial charge in [-0.2, -0.15) is 13.2 Å². The molecule has 0 aliphatic heterocycles. The van der Waals surface area contributed by atoms with E-state index in [1.54, 1.807) is 24.3 Å². The fourth-order valence-corrected chi connectivity index (χ4v) is 1.90.